The average Bonchev–Trinajstić information content (AvgIpc) is 2.26. The van der Waals surface area contributed by atoms with Crippen LogP contribution in [0.1, 0.15) is 18.1 Å². The van der Waals surface area contributed by atoms with Crippen molar-refractivity contribution < 1.29 is 14.3 Å². The van der Waals surface area contributed by atoms with Gasteiger partial charge in [-0.2, -0.15) is 0 Å². The summed E-state index contributed by atoms with van der Waals surface area (Å²) in [5.41, 5.74) is 2.01. The molecule has 1 aromatic carbocycles. The minimum Gasteiger partial charge on any atom is -0.497 e. The first-order valence-electron chi connectivity index (χ1n) is 5.16. The van der Waals surface area contributed by atoms with Crippen LogP contribution in [0.3, 0.4) is 0 Å². The number of aryl methyl sites for hydroxylation is 1. The minimum atomic E-state index is -0.331. The Hall–Kier alpha value is -1.77. The van der Waals surface area contributed by atoms with Crippen molar-refractivity contribution in [3.05, 3.63) is 35.4 Å². The number of methoxy groups -OCH3 is 1. The highest BCUT2D eigenvalue weighted by Gasteiger charge is 1.97. The molecule has 3 heteroatoms. The first-order valence-corrected chi connectivity index (χ1v) is 5.16. The monoisotopic (exact) mass is 220 g/mol. The summed E-state index contributed by atoms with van der Waals surface area (Å²) in [4.78, 5) is 11.1. The zero-order chi connectivity index (χ0) is 12.0. The summed E-state index contributed by atoms with van der Waals surface area (Å²) in [6.07, 6.45) is 3.13. The van der Waals surface area contributed by atoms with Gasteiger partial charge in [0, 0.05) is 6.08 Å². The van der Waals surface area contributed by atoms with E-state index in [0.717, 1.165) is 16.9 Å². The average molecular weight is 220 g/mol. The first-order chi connectivity index (χ1) is 7.65. The third-order valence-electron chi connectivity index (χ3n) is 2.01. The van der Waals surface area contributed by atoms with Crippen molar-refractivity contribution in [1.82, 2.24) is 0 Å². The molecule has 0 aromatic heterocycles. The van der Waals surface area contributed by atoms with Crippen LogP contribution in [-0.2, 0) is 9.53 Å². The summed E-state index contributed by atoms with van der Waals surface area (Å²) in [5, 5.41) is 0. The molecule has 0 bridgehead atoms. The van der Waals surface area contributed by atoms with Crippen LogP contribution >= 0.6 is 0 Å². The number of hydrogen-bond acceptors (Lipinski definition) is 3. The molecule has 0 amide bonds. The van der Waals surface area contributed by atoms with Gasteiger partial charge in [-0.25, -0.2) is 4.79 Å². The lowest BCUT2D eigenvalue weighted by Crippen LogP contribution is -1.98. The quantitative estimate of drug-likeness (QED) is 0.578. The third kappa shape index (κ3) is 3.77. The molecule has 0 radical (unpaired) electrons. The predicted molar refractivity (Wildman–Crippen MR) is 63.4 cm³/mol. The number of carbonyl (C=O) groups is 1. The van der Waals surface area contributed by atoms with Crippen LogP contribution in [0.15, 0.2) is 24.3 Å². The van der Waals surface area contributed by atoms with Crippen molar-refractivity contribution in [2.24, 2.45) is 0 Å². The molecule has 0 atom stereocenters. The maximum atomic E-state index is 11.1. The van der Waals surface area contributed by atoms with Crippen molar-refractivity contribution >= 4 is 12.0 Å². The summed E-state index contributed by atoms with van der Waals surface area (Å²) < 4.78 is 9.93. The molecule has 0 fully saturated rings. The lowest BCUT2D eigenvalue weighted by atomic mass is 10.1. The van der Waals surface area contributed by atoms with Crippen molar-refractivity contribution in [1.29, 1.82) is 0 Å². The first kappa shape index (κ1) is 12.3. The van der Waals surface area contributed by atoms with Crippen LogP contribution in [0.2, 0.25) is 0 Å². The fourth-order valence-corrected chi connectivity index (χ4v) is 1.35. The van der Waals surface area contributed by atoms with E-state index in [9.17, 15) is 4.79 Å². The SMILES string of the molecule is CCOC(=O)C=Cc1cc(C)cc(OC)c1. The van der Waals surface area contributed by atoms with E-state index in [4.69, 9.17) is 9.47 Å². The topological polar surface area (TPSA) is 35.5 Å². The fourth-order valence-electron chi connectivity index (χ4n) is 1.35. The Morgan fingerprint density at radius 1 is 1.38 bits per heavy atom. The van der Waals surface area contributed by atoms with Gasteiger partial charge in [-0.3, -0.25) is 0 Å². The van der Waals surface area contributed by atoms with Gasteiger partial charge in [0.15, 0.2) is 0 Å². The lowest BCUT2D eigenvalue weighted by molar-refractivity contribution is -0.137. The molecule has 86 valence electrons. The van der Waals surface area contributed by atoms with E-state index in [1.807, 2.05) is 25.1 Å². The summed E-state index contributed by atoms with van der Waals surface area (Å²) in [7, 11) is 1.62. The number of hydrogen-bond donors (Lipinski definition) is 0. The van der Waals surface area contributed by atoms with E-state index in [2.05, 4.69) is 0 Å². The molecule has 0 spiro atoms. The molecule has 0 saturated carbocycles. The highest BCUT2D eigenvalue weighted by molar-refractivity contribution is 5.87. The Morgan fingerprint density at radius 2 is 2.12 bits per heavy atom. The van der Waals surface area contributed by atoms with Gasteiger partial charge in [0.1, 0.15) is 5.75 Å². The summed E-state index contributed by atoms with van der Waals surface area (Å²) in [5.74, 6) is 0.450. The number of ether oxygens (including phenoxy) is 2. The number of rotatable bonds is 4. The largest absolute Gasteiger partial charge is 0.497 e. The normalized spacial score (nSPS) is 10.4. The summed E-state index contributed by atoms with van der Waals surface area (Å²) >= 11 is 0. The maximum absolute atomic E-state index is 11.1. The Labute approximate surface area is 95.7 Å². The predicted octanol–water partition coefficient (Wildman–Crippen LogP) is 2.58. The second-order valence-electron chi connectivity index (χ2n) is 3.37. The van der Waals surface area contributed by atoms with Gasteiger partial charge in [0.05, 0.1) is 13.7 Å². The van der Waals surface area contributed by atoms with Gasteiger partial charge >= 0.3 is 5.97 Å². The standard InChI is InChI=1S/C13H16O3/c1-4-16-13(14)6-5-11-7-10(2)8-12(9-11)15-3/h5-9H,4H2,1-3H3. The van der Waals surface area contributed by atoms with Gasteiger partial charge < -0.3 is 9.47 Å². The molecule has 0 aliphatic carbocycles. The summed E-state index contributed by atoms with van der Waals surface area (Å²) in [6, 6.07) is 5.77. The summed E-state index contributed by atoms with van der Waals surface area (Å²) in [6.45, 7) is 4.14. The molecule has 1 rings (SSSR count). The van der Waals surface area contributed by atoms with E-state index in [0.29, 0.717) is 6.61 Å². The molecular weight excluding hydrogens is 204 g/mol. The molecule has 16 heavy (non-hydrogen) atoms. The van der Waals surface area contributed by atoms with Crippen LogP contribution in [0.4, 0.5) is 0 Å². The van der Waals surface area contributed by atoms with Gasteiger partial charge in [-0.05, 0) is 43.2 Å². The second-order valence-corrected chi connectivity index (χ2v) is 3.37. The molecule has 0 saturated heterocycles. The van der Waals surface area contributed by atoms with E-state index in [-0.39, 0.29) is 5.97 Å². The van der Waals surface area contributed by atoms with Gasteiger partial charge in [0.2, 0.25) is 0 Å². The van der Waals surface area contributed by atoms with E-state index < -0.39 is 0 Å². The molecule has 0 N–H and O–H groups in total. The Morgan fingerprint density at radius 3 is 2.75 bits per heavy atom. The Kier molecular flexibility index (Phi) is 4.58. The fraction of sp³-hybridized carbons (Fsp3) is 0.308. The minimum absolute atomic E-state index is 0.331. The molecule has 0 aliphatic heterocycles. The van der Waals surface area contributed by atoms with Crippen LogP contribution in [0.5, 0.6) is 5.75 Å². The number of benzene rings is 1. The van der Waals surface area contributed by atoms with E-state index >= 15 is 0 Å². The molecular formula is C13H16O3. The van der Waals surface area contributed by atoms with Crippen LogP contribution < -0.4 is 4.74 Å². The van der Waals surface area contributed by atoms with Crippen molar-refractivity contribution in [2.45, 2.75) is 13.8 Å². The van der Waals surface area contributed by atoms with E-state index in [1.54, 1.807) is 20.1 Å². The molecule has 1 aromatic rings. The lowest BCUT2D eigenvalue weighted by Gasteiger charge is -2.03. The highest BCUT2D eigenvalue weighted by atomic mass is 16.5. The van der Waals surface area contributed by atoms with Gasteiger partial charge in [-0.1, -0.05) is 6.07 Å². The molecule has 0 unspecified atom stereocenters. The highest BCUT2D eigenvalue weighted by Crippen LogP contribution is 2.17. The number of carbonyl (C=O) groups excluding carboxylic acids is 1. The smallest absolute Gasteiger partial charge is 0.330 e. The molecule has 0 heterocycles. The zero-order valence-electron chi connectivity index (χ0n) is 9.82. The van der Waals surface area contributed by atoms with Crippen molar-refractivity contribution in [3.63, 3.8) is 0 Å². The Bertz CT molecular complexity index is 394. The molecule has 3 nitrogen and oxygen atoms in total. The number of esters is 1. The third-order valence-corrected chi connectivity index (χ3v) is 2.01. The van der Waals surface area contributed by atoms with Gasteiger partial charge in [-0.15, -0.1) is 0 Å². The zero-order valence-corrected chi connectivity index (χ0v) is 9.82. The molecule has 0 aliphatic rings. The van der Waals surface area contributed by atoms with Crippen molar-refractivity contribution in [2.75, 3.05) is 13.7 Å². The Balaban J connectivity index is 2.80. The van der Waals surface area contributed by atoms with Crippen LogP contribution in [-0.4, -0.2) is 19.7 Å². The maximum Gasteiger partial charge on any atom is 0.330 e. The van der Waals surface area contributed by atoms with Gasteiger partial charge in [0.25, 0.3) is 0 Å². The van der Waals surface area contributed by atoms with Crippen molar-refractivity contribution in [3.8, 4) is 5.75 Å². The van der Waals surface area contributed by atoms with Crippen LogP contribution in [0.25, 0.3) is 6.08 Å². The van der Waals surface area contributed by atoms with E-state index in [1.165, 1.54) is 6.08 Å². The second kappa shape index (κ2) is 5.95. The van der Waals surface area contributed by atoms with Crippen LogP contribution in [0, 0.1) is 6.92 Å².